The lowest BCUT2D eigenvalue weighted by molar-refractivity contribution is 0.0949. The number of benzene rings is 1. The lowest BCUT2D eigenvalue weighted by Gasteiger charge is -2.13. The smallest absolute Gasteiger partial charge is 0.254 e. The molecule has 2 rings (SSSR count). The molecule has 20 heavy (non-hydrogen) atoms. The van der Waals surface area contributed by atoms with E-state index in [9.17, 15) is 4.79 Å². The third-order valence-electron chi connectivity index (χ3n) is 2.91. The third kappa shape index (κ3) is 3.57. The van der Waals surface area contributed by atoms with Crippen molar-refractivity contribution in [1.82, 2.24) is 10.3 Å². The average molecular weight is 334 g/mol. The molecule has 0 atom stereocenters. The molecule has 1 aromatic heterocycles. The summed E-state index contributed by atoms with van der Waals surface area (Å²) in [6.45, 7) is 0.494. The fraction of sp³-hybridized carbons (Fsp3) is 0.200. The second-order valence-corrected chi connectivity index (χ2v) is 5.34. The third-order valence-corrected chi connectivity index (χ3v) is 3.54. The lowest BCUT2D eigenvalue weighted by atomic mass is 10.2. The van der Waals surface area contributed by atoms with E-state index in [0.717, 1.165) is 11.3 Å². The first-order valence-electron chi connectivity index (χ1n) is 6.23. The van der Waals surface area contributed by atoms with Crippen molar-refractivity contribution in [3.8, 4) is 0 Å². The van der Waals surface area contributed by atoms with Gasteiger partial charge >= 0.3 is 0 Å². The predicted molar refractivity (Wildman–Crippen MR) is 83.9 cm³/mol. The Morgan fingerprint density at radius 3 is 2.55 bits per heavy atom. The van der Waals surface area contributed by atoms with Gasteiger partial charge < -0.3 is 10.2 Å². The molecule has 2 aromatic rings. The van der Waals surface area contributed by atoms with E-state index in [-0.39, 0.29) is 5.91 Å². The molecule has 0 unspecified atom stereocenters. The molecule has 1 aromatic carbocycles. The molecule has 0 spiro atoms. The number of rotatable bonds is 4. The molecule has 5 heteroatoms. The average Bonchev–Trinajstić information content (AvgIpc) is 2.45. The number of carbonyl (C=O) groups is 1. The van der Waals surface area contributed by atoms with Crippen LogP contribution >= 0.6 is 15.9 Å². The number of carbonyl (C=O) groups excluding carboxylic acids is 1. The van der Waals surface area contributed by atoms with E-state index in [1.54, 1.807) is 18.3 Å². The quantitative estimate of drug-likeness (QED) is 0.875. The van der Waals surface area contributed by atoms with Gasteiger partial charge in [0.1, 0.15) is 4.60 Å². The molecule has 0 aliphatic carbocycles. The van der Waals surface area contributed by atoms with E-state index >= 15 is 0 Å². The van der Waals surface area contributed by atoms with Crippen molar-refractivity contribution in [2.75, 3.05) is 19.0 Å². The molecular formula is C15H16BrN3O. The van der Waals surface area contributed by atoms with Gasteiger partial charge in [0.05, 0.1) is 5.56 Å². The molecule has 1 heterocycles. The van der Waals surface area contributed by atoms with E-state index in [1.807, 2.05) is 43.3 Å². The fourth-order valence-electron chi connectivity index (χ4n) is 1.74. The highest BCUT2D eigenvalue weighted by Gasteiger charge is 2.09. The Hall–Kier alpha value is -1.88. The molecule has 1 amide bonds. The van der Waals surface area contributed by atoms with Crippen LogP contribution in [0.2, 0.25) is 0 Å². The number of nitrogens with zero attached hydrogens (tertiary/aromatic N) is 2. The maximum atomic E-state index is 12.0. The molecule has 0 radical (unpaired) electrons. The second-order valence-electron chi connectivity index (χ2n) is 4.59. The lowest BCUT2D eigenvalue weighted by Crippen LogP contribution is -2.23. The van der Waals surface area contributed by atoms with Crippen molar-refractivity contribution in [3.05, 3.63) is 58.3 Å². The Morgan fingerprint density at radius 1 is 1.25 bits per heavy atom. The number of amides is 1. The van der Waals surface area contributed by atoms with Crippen LogP contribution in [-0.4, -0.2) is 25.0 Å². The van der Waals surface area contributed by atoms with Crippen molar-refractivity contribution < 1.29 is 4.79 Å². The van der Waals surface area contributed by atoms with Gasteiger partial charge in [-0.25, -0.2) is 4.98 Å². The summed E-state index contributed by atoms with van der Waals surface area (Å²) in [6, 6.07) is 11.6. The van der Waals surface area contributed by atoms with Gasteiger partial charge in [0.25, 0.3) is 5.91 Å². The van der Waals surface area contributed by atoms with Crippen molar-refractivity contribution in [2.24, 2.45) is 0 Å². The number of pyridine rings is 1. The van der Waals surface area contributed by atoms with Gasteiger partial charge in [-0.2, -0.15) is 0 Å². The molecule has 4 nitrogen and oxygen atoms in total. The molecule has 0 saturated heterocycles. The first kappa shape index (κ1) is 14.5. The highest BCUT2D eigenvalue weighted by Crippen LogP contribution is 2.14. The van der Waals surface area contributed by atoms with Crippen molar-refractivity contribution in [3.63, 3.8) is 0 Å². The van der Waals surface area contributed by atoms with E-state index in [0.29, 0.717) is 16.7 Å². The molecular weight excluding hydrogens is 318 g/mol. The Morgan fingerprint density at radius 2 is 1.95 bits per heavy atom. The van der Waals surface area contributed by atoms with Gasteiger partial charge in [-0.05, 0) is 45.8 Å². The van der Waals surface area contributed by atoms with Crippen molar-refractivity contribution in [1.29, 1.82) is 0 Å². The zero-order valence-corrected chi connectivity index (χ0v) is 13.0. The fourth-order valence-corrected chi connectivity index (χ4v) is 2.18. The summed E-state index contributed by atoms with van der Waals surface area (Å²) in [5.41, 5.74) is 2.73. The topological polar surface area (TPSA) is 45.2 Å². The van der Waals surface area contributed by atoms with Crippen LogP contribution in [0.4, 0.5) is 5.69 Å². The van der Waals surface area contributed by atoms with Crippen LogP contribution in [-0.2, 0) is 6.54 Å². The zero-order valence-electron chi connectivity index (χ0n) is 11.4. The highest BCUT2D eigenvalue weighted by atomic mass is 79.9. The van der Waals surface area contributed by atoms with E-state index in [2.05, 4.69) is 26.2 Å². The van der Waals surface area contributed by atoms with Crippen LogP contribution in [0, 0.1) is 0 Å². The number of aromatic nitrogens is 1. The minimum absolute atomic E-state index is 0.137. The first-order chi connectivity index (χ1) is 9.58. The van der Waals surface area contributed by atoms with Crippen LogP contribution in [0.1, 0.15) is 15.9 Å². The Kier molecular flexibility index (Phi) is 4.74. The van der Waals surface area contributed by atoms with Crippen LogP contribution in [0.3, 0.4) is 0 Å². The molecule has 0 aliphatic heterocycles. The second kappa shape index (κ2) is 6.52. The SMILES string of the molecule is CN(C)c1ccc(CNC(=O)c2cccnc2Br)cc1. The molecule has 0 fully saturated rings. The number of halogens is 1. The molecule has 104 valence electrons. The van der Waals surface area contributed by atoms with Gasteiger partial charge in [-0.15, -0.1) is 0 Å². The summed E-state index contributed by atoms with van der Waals surface area (Å²) in [5, 5.41) is 2.88. The van der Waals surface area contributed by atoms with Gasteiger partial charge in [0, 0.05) is 32.5 Å². The van der Waals surface area contributed by atoms with Crippen LogP contribution in [0.5, 0.6) is 0 Å². The summed E-state index contributed by atoms with van der Waals surface area (Å²) < 4.78 is 0.556. The molecule has 0 saturated carbocycles. The maximum Gasteiger partial charge on any atom is 0.254 e. The number of nitrogens with one attached hydrogen (secondary N) is 1. The summed E-state index contributed by atoms with van der Waals surface area (Å²) in [4.78, 5) is 18.1. The number of anilines is 1. The number of hydrogen-bond donors (Lipinski definition) is 1. The summed E-state index contributed by atoms with van der Waals surface area (Å²) in [6.07, 6.45) is 1.64. The summed E-state index contributed by atoms with van der Waals surface area (Å²) in [5.74, 6) is -0.137. The predicted octanol–water partition coefficient (Wildman–Crippen LogP) is 2.84. The normalized spacial score (nSPS) is 10.2. The van der Waals surface area contributed by atoms with Gasteiger partial charge in [-0.3, -0.25) is 4.79 Å². The van der Waals surface area contributed by atoms with Crippen molar-refractivity contribution in [2.45, 2.75) is 6.54 Å². The van der Waals surface area contributed by atoms with E-state index < -0.39 is 0 Å². The maximum absolute atomic E-state index is 12.0. The number of hydrogen-bond acceptors (Lipinski definition) is 3. The van der Waals surface area contributed by atoms with E-state index in [1.165, 1.54) is 0 Å². The van der Waals surface area contributed by atoms with E-state index in [4.69, 9.17) is 0 Å². The molecule has 1 N–H and O–H groups in total. The minimum Gasteiger partial charge on any atom is -0.378 e. The largest absolute Gasteiger partial charge is 0.378 e. The molecule has 0 aliphatic rings. The van der Waals surface area contributed by atoms with Crippen LogP contribution in [0.15, 0.2) is 47.2 Å². The monoisotopic (exact) mass is 333 g/mol. The summed E-state index contributed by atoms with van der Waals surface area (Å²) in [7, 11) is 3.99. The van der Waals surface area contributed by atoms with Gasteiger partial charge in [0.15, 0.2) is 0 Å². The Labute approximate surface area is 127 Å². The standard InChI is InChI=1S/C15H16BrN3O/c1-19(2)12-7-5-11(6-8-12)10-18-15(20)13-4-3-9-17-14(13)16/h3-9H,10H2,1-2H3,(H,18,20). The van der Waals surface area contributed by atoms with Gasteiger partial charge in [-0.1, -0.05) is 12.1 Å². The first-order valence-corrected chi connectivity index (χ1v) is 7.02. The Balaban J connectivity index is 1.98. The zero-order chi connectivity index (χ0) is 14.5. The highest BCUT2D eigenvalue weighted by molar-refractivity contribution is 9.10. The van der Waals surface area contributed by atoms with Crippen LogP contribution in [0.25, 0.3) is 0 Å². The molecule has 0 bridgehead atoms. The van der Waals surface area contributed by atoms with Crippen molar-refractivity contribution >= 4 is 27.5 Å². The Bertz CT molecular complexity index is 596. The minimum atomic E-state index is -0.137. The summed E-state index contributed by atoms with van der Waals surface area (Å²) >= 11 is 3.27. The van der Waals surface area contributed by atoms with Crippen LogP contribution < -0.4 is 10.2 Å². The van der Waals surface area contributed by atoms with Gasteiger partial charge in [0.2, 0.25) is 0 Å².